The van der Waals surface area contributed by atoms with E-state index in [1.165, 1.54) is 51.4 Å². The van der Waals surface area contributed by atoms with E-state index in [0.29, 0.717) is 17.9 Å². The van der Waals surface area contributed by atoms with Crippen LogP contribution in [0.3, 0.4) is 0 Å². The zero-order valence-electron chi connectivity index (χ0n) is 11.2. The molecule has 18 heavy (non-hydrogen) atoms. The Morgan fingerprint density at radius 2 is 1.78 bits per heavy atom. The molecule has 0 heterocycles. The molecule has 0 atom stereocenters. The van der Waals surface area contributed by atoms with Crippen LogP contribution in [0.5, 0.6) is 0 Å². The van der Waals surface area contributed by atoms with E-state index in [2.05, 4.69) is 0 Å². The summed E-state index contributed by atoms with van der Waals surface area (Å²) in [6, 6.07) is 0. The second-order valence-electron chi connectivity index (χ2n) is 7.74. The predicted octanol–water partition coefficient (Wildman–Crippen LogP) is 3.69. The van der Waals surface area contributed by atoms with Crippen molar-refractivity contribution >= 4 is 5.97 Å². The summed E-state index contributed by atoms with van der Waals surface area (Å²) in [4.78, 5) is 11.9. The van der Waals surface area contributed by atoms with E-state index in [0.717, 1.165) is 18.3 Å². The van der Waals surface area contributed by atoms with E-state index in [-0.39, 0.29) is 11.9 Å². The SMILES string of the molecule is O=C(OCC1CCC1)C1CC2(C1)CC1(CCC1)C2. The molecule has 4 fully saturated rings. The lowest BCUT2D eigenvalue weighted by molar-refractivity contribution is -0.187. The summed E-state index contributed by atoms with van der Waals surface area (Å²) < 4.78 is 5.47. The number of ether oxygens (including phenoxy) is 1. The van der Waals surface area contributed by atoms with Crippen LogP contribution in [-0.4, -0.2) is 12.6 Å². The van der Waals surface area contributed by atoms with Gasteiger partial charge in [-0.3, -0.25) is 4.79 Å². The van der Waals surface area contributed by atoms with Gasteiger partial charge in [-0.2, -0.15) is 0 Å². The van der Waals surface area contributed by atoms with Crippen LogP contribution in [0, 0.1) is 22.7 Å². The summed E-state index contributed by atoms with van der Waals surface area (Å²) in [5, 5.41) is 0. The highest BCUT2D eigenvalue weighted by molar-refractivity contribution is 5.74. The molecular weight excluding hydrogens is 224 g/mol. The van der Waals surface area contributed by atoms with Crippen molar-refractivity contribution in [1.82, 2.24) is 0 Å². The third-order valence-corrected chi connectivity index (χ3v) is 6.29. The minimum absolute atomic E-state index is 0.113. The molecule has 0 aliphatic heterocycles. The normalized spacial score (nSPS) is 32.2. The van der Waals surface area contributed by atoms with Gasteiger partial charge < -0.3 is 4.74 Å². The van der Waals surface area contributed by atoms with Gasteiger partial charge in [-0.1, -0.05) is 12.8 Å². The van der Waals surface area contributed by atoms with Crippen molar-refractivity contribution in [3.63, 3.8) is 0 Å². The molecule has 2 nitrogen and oxygen atoms in total. The van der Waals surface area contributed by atoms with Crippen molar-refractivity contribution < 1.29 is 9.53 Å². The van der Waals surface area contributed by atoms with Crippen LogP contribution in [0.15, 0.2) is 0 Å². The van der Waals surface area contributed by atoms with Gasteiger partial charge in [-0.15, -0.1) is 0 Å². The fraction of sp³-hybridized carbons (Fsp3) is 0.938. The van der Waals surface area contributed by atoms with Crippen molar-refractivity contribution in [2.75, 3.05) is 6.61 Å². The summed E-state index contributed by atoms with van der Waals surface area (Å²) in [6.07, 6.45) is 13.4. The Morgan fingerprint density at radius 1 is 1.06 bits per heavy atom. The molecule has 2 spiro atoms. The van der Waals surface area contributed by atoms with E-state index in [9.17, 15) is 4.79 Å². The molecule has 0 bridgehead atoms. The van der Waals surface area contributed by atoms with Crippen LogP contribution in [0.1, 0.15) is 64.2 Å². The molecule has 0 unspecified atom stereocenters. The fourth-order valence-corrected chi connectivity index (χ4v) is 4.99. The molecule has 0 saturated heterocycles. The molecule has 100 valence electrons. The van der Waals surface area contributed by atoms with Crippen molar-refractivity contribution in [1.29, 1.82) is 0 Å². The van der Waals surface area contributed by atoms with Crippen LogP contribution in [-0.2, 0) is 9.53 Å². The standard InChI is InChI=1S/C16H24O2/c17-14(18-9-12-3-1-4-12)13-7-16(8-13)10-15(11-16)5-2-6-15/h12-13H,1-11H2. The number of rotatable bonds is 3. The minimum Gasteiger partial charge on any atom is -0.465 e. The smallest absolute Gasteiger partial charge is 0.308 e. The zero-order valence-corrected chi connectivity index (χ0v) is 11.2. The topological polar surface area (TPSA) is 26.3 Å². The van der Waals surface area contributed by atoms with Gasteiger partial charge in [-0.05, 0) is 68.1 Å². The van der Waals surface area contributed by atoms with Gasteiger partial charge >= 0.3 is 5.97 Å². The Morgan fingerprint density at radius 3 is 2.28 bits per heavy atom. The molecule has 4 rings (SSSR count). The Hall–Kier alpha value is -0.530. The number of hydrogen-bond acceptors (Lipinski definition) is 2. The Bertz CT molecular complexity index is 349. The monoisotopic (exact) mass is 248 g/mol. The summed E-state index contributed by atoms with van der Waals surface area (Å²) in [5.41, 5.74) is 1.33. The Kier molecular flexibility index (Phi) is 2.35. The van der Waals surface area contributed by atoms with Gasteiger partial charge in [-0.25, -0.2) is 0 Å². The van der Waals surface area contributed by atoms with Crippen LogP contribution in [0.4, 0.5) is 0 Å². The van der Waals surface area contributed by atoms with E-state index < -0.39 is 0 Å². The van der Waals surface area contributed by atoms with Crippen molar-refractivity contribution in [2.45, 2.75) is 64.2 Å². The van der Waals surface area contributed by atoms with Gasteiger partial charge in [0.25, 0.3) is 0 Å². The van der Waals surface area contributed by atoms with Gasteiger partial charge in [0.15, 0.2) is 0 Å². The second kappa shape index (κ2) is 3.74. The molecule has 0 amide bonds. The maximum Gasteiger partial charge on any atom is 0.308 e. The van der Waals surface area contributed by atoms with E-state index in [1.54, 1.807) is 0 Å². The van der Waals surface area contributed by atoms with Crippen LogP contribution >= 0.6 is 0 Å². The van der Waals surface area contributed by atoms with E-state index in [1.807, 2.05) is 0 Å². The molecule has 0 aromatic rings. The first-order valence-corrected chi connectivity index (χ1v) is 7.86. The van der Waals surface area contributed by atoms with Crippen LogP contribution < -0.4 is 0 Å². The van der Waals surface area contributed by atoms with Crippen molar-refractivity contribution in [3.8, 4) is 0 Å². The average Bonchev–Trinajstić information content (AvgIpc) is 2.08. The molecule has 4 aliphatic carbocycles. The largest absolute Gasteiger partial charge is 0.465 e. The third-order valence-electron chi connectivity index (χ3n) is 6.29. The number of esters is 1. The van der Waals surface area contributed by atoms with E-state index in [4.69, 9.17) is 4.74 Å². The Labute approximate surface area is 109 Å². The third kappa shape index (κ3) is 1.64. The molecule has 0 aromatic heterocycles. The number of carbonyl (C=O) groups is 1. The minimum atomic E-state index is 0.113. The fourth-order valence-electron chi connectivity index (χ4n) is 4.99. The summed E-state index contributed by atoms with van der Waals surface area (Å²) in [7, 11) is 0. The molecule has 4 aliphatic rings. The molecule has 4 saturated carbocycles. The molecule has 0 radical (unpaired) electrons. The highest BCUT2D eigenvalue weighted by Crippen LogP contribution is 2.72. The highest BCUT2D eigenvalue weighted by Gasteiger charge is 2.62. The summed E-state index contributed by atoms with van der Waals surface area (Å²) in [6.45, 7) is 0.701. The quantitative estimate of drug-likeness (QED) is 0.712. The summed E-state index contributed by atoms with van der Waals surface area (Å²) >= 11 is 0. The molecule has 2 heteroatoms. The first kappa shape index (κ1) is 11.3. The average molecular weight is 248 g/mol. The van der Waals surface area contributed by atoms with E-state index >= 15 is 0 Å². The zero-order chi connectivity index (χ0) is 12.2. The lowest BCUT2D eigenvalue weighted by Crippen LogP contribution is -2.57. The molecular formula is C16H24O2. The Balaban J connectivity index is 1.20. The van der Waals surface area contributed by atoms with Crippen molar-refractivity contribution in [2.24, 2.45) is 22.7 Å². The first-order chi connectivity index (χ1) is 8.69. The molecule has 0 aromatic carbocycles. The number of hydrogen-bond donors (Lipinski definition) is 0. The van der Waals surface area contributed by atoms with Crippen LogP contribution in [0.2, 0.25) is 0 Å². The molecule has 0 N–H and O–H groups in total. The lowest BCUT2D eigenvalue weighted by Gasteiger charge is -2.66. The maximum atomic E-state index is 11.9. The maximum absolute atomic E-state index is 11.9. The second-order valence-corrected chi connectivity index (χ2v) is 7.74. The summed E-state index contributed by atoms with van der Waals surface area (Å²) in [5.74, 6) is 1.05. The van der Waals surface area contributed by atoms with Gasteiger partial charge in [0.05, 0.1) is 12.5 Å². The van der Waals surface area contributed by atoms with Crippen LogP contribution in [0.25, 0.3) is 0 Å². The van der Waals surface area contributed by atoms with Crippen molar-refractivity contribution in [3.05, 3.63) is 0 Å². The van der Waals surface area contributed by atoms with Gasteiger partial charge in [0.1, 0.15) is 0 Å². The first-order valence-electron chi connectivity index (χ1n) is 7.86. The number of carbonyl (C=O) groups excluding carboxylic acids is 1. The van der Waals surface area contributed by atoms with Gasteiger partial charge in [0, 0.05) is 0 Å². The predicted molar refractivity (Wildman–Crippen MR) is 69.0 cm³/mol. The highest BCUT2D eigenvalue weighted by atomic mass is 16.5. The van der Waals surface area contributed by atoms with Gasteiger partial charge in [0.2, 0.25) is 0 Å². The lowest BCUT2D eigenvalue weighted by atomic mass is 9.38.